The van der Waals surface area contributed by atoms with Crippen molar-refractivity contribution >= 4 is 11.7 Å². The average molecular weight is 309 g/mol. The lowest BCUT2D eigenvalue weighted by Crippen LogP contribution is -2.20. The van der Waals surface area contributed by atoms with Gasteiger partial charge in [0.2, 0.25) is 0 Å². The minimum atomic E-state index is -0.400. The smallest absolute Gasteiger partial charge is 0.341 e. The number of unbranched alkanes of at least 4 members (excludes halogenated alkanes) is 1. The molecule has 0 amide bonds. The quantitative estimate of drug-likeness (QED) is 0.588. The fraction of sp³-hybridized carbons (Fsp3) is 0.588. The number of anilines is 1. The van der Waals surface area contributed by atoms with Crippen LogP contribution < -0.4 is 10.1 Å². The second kappa shape index (κ2) is 8.63. The number of carbonyl (C=O) groups is 1. The lowest BCUT2D eigenvalue weighted by atomic mass is 10.1. The molecule has 5 nitrogen and oxygen atoms in total. The highest BCUT2D eigenvalue weighted by molar-refractivity contribution is 5.93. The van der Waals surface area contributed by atoms with E-state index >= 15 is 0 Å². The van der Waals surface area contributed by atoms with Crippen LogP contribution in [-0.2, 0) is 9.47 Å². The van der Waals surface area contributed by atoms with Gasteiger partial charge < -0.3 is 19.5 Å². The van der Waals surface area contributed by atoms with Crippen molar-refractivity contribution in [3.63, 3.8) is 0 Å². The molecule has 1 N–H and O–H groups in total. The van der Waals surface area contributed by atoms with Crippen LogP contribution in [0.2, 0.25) is 0 Å². The first-order valence-corrected chi connectivity index (χ1v) is 7.51. The van der Waals surface area contributed by atoms with E-state index in [1.54, 1.807) is 12.1 Å². The molecule has 1 aromatic carbocycles. The number of hydrogen-bond donors (Lipinski definition) is 1. The maximum Gasteiger partial charge on any atom is 0.341 e. The molecule has 0 unspecified atom stereocenters. The van der Waals surface area contributed by atoms with E-state index in [1.165, 1.54) is 14.2 Å². The zero-order valence-electron chi connectivity index (χ0n) is 14.2. The van der Waals surface area contributed by atoms with Crippen LogP contribution in [-0.4, -0.2) is 38.9 Å². The molecule has 124 valence electrons. The zero-order valence-corrected chi connectivity index (χ0v) is 14.2. The molecule has 0 heterocycles. The van der Waals surface area contributed by atoms with Crippen LogP contribution in [0.1, 0.15) is 44.0 Å². The predicted octanol–water partition coefficient (Wildman–Crippen LogP) is 3.49. The molecule has 1 rings (SSSR count). The summed E-state index contributed by atoms with van der Waals surface area (Å²) in [6.45, 7) is 7.77. The Morgan fingerprint density at radius 1 is 1.18 bits per heavy atom. The Balaban J connectivity index is 2.42. The number of ether oxygens (including phenoxy) is 3. The Morgan fingerprint density at radius 3 is 2.50 bits per heavy atom. The van der Waals surface area contributed by atoms with E-state index in [2.05, 4.69) is 26.1 Å². The number of rotatable bonds is 8. The van der Waals surface area contributed by atoms with Crippen molar-refractivity contribution in [1.82, 2.24) is 0 Å². The second-order valence-corrected chi connectivity index (χ2v) is 6.00. The summed E-state index contributed by atoms with van der Waals surface area (Å²) in [5, 5.41) is 3.31. The van der Waals surface area contributed by atoms with Crippen LogP contribution in [0.15, 0.2) is 18.2 Å². The average Bonchev–Trinajstić information content (AvgIpc) is 2.48. The number of methoxy groups -OCH3 is 2. The molecule has 22 heavy (non-hydrogen) atoms. The highest BCUT2D eigenvalue weighted by Crippen LogP contribution is 2.23. The summed E-state index contributed by atoms with van der Waals surface area (Å²) in [6.07, 6.45) is 2.01. The van der Waals surface area contributed by atoms with Crippen LogP contribution >= 0.6 is 0 Å². The van der Waals surface area contributed by atoms with Crippen LogP contribution in [0, 0.1) is 0 Å². The van der Waals surface area contributed by atoms with Crippen molar-refractivity contribution < 1.29 is 19.0 Å². The van der Waals surface area contributed by atoms with Crippen LogP contribution in [0.25, 0.3) is 0 Å². The third kappa shape index (κ3) is 6.35. The van der Waals surface area contributed by atoms with E-state index in [0.29, 0.717) is 11.3 Å². The van der Waals surface area contributed by atoms with Gasteiger partial charge in [0.1, 0.15) is 11.3 Å². The second-order valence-electron chi connectivity index (χ2n) is 6.00. The van der Waals surface area contributed by atoms with E-state index in [1.807, 2.05) is 6.07 Å². The molecule has 0 fully saturated rings. The lowest BCUT2D eigenvalue weighted by Gasteiger charge is -2.19. The Morgan fingerprint density at radius 2 is 1.91 bits per heavy atom. The fourth-order valence-corrected chi connectivity index (χ4v) is 1.92. The van der Waals surface area contributed by atoms with Crippen molar-refractivity contribution in [2.24, 2.45) is 0 Å². The van der Waals surface area contributed by atoms with Crippen molar-refractivity contribution in [1.29, 1.82) is 0 Å². The summed E-state index contributed by atoms with van der Waals surface area (Å²) in [5.41, 5.74) is 1.26. The minimum absolute atomic E-state index is 0.0789. The minimum Gasteiger partial charge on any atom is -0.496 e. The summed E-state index contributed by atoms with van der Waals surface area (Å²) < 4.78 is 15.6. The van der Waals surface area contributed by atoms with E-state index < -0.39 is 5.97 Å². The normalized spacial score (nSPS) is 11.1. The molecule has 1 aromatic rings. The van der Waals surface area contributed by atoms with Crippen LogP contribution in [0.5, 0.6) is 5.75 Å². The molecule has 0 aromatic heterocycles. The first kappa shape index (κ1) is 18.3. The Bertz CT molecular complexity index is 480. The summed E-state index contributed by atoms with van der Waals surface area (Å²) in [4.78, 5) is 11.6. The van der Waals surface area contributed by atoms with Crippen LogP contribution in [0.3, 0.4) is 0 Å². The molecule has 0 aliphatic carbocycles. The van der Waals surface area contributed by atoms with Gasteiger partial charge in [0.25, 0.3) is 0 Å². The Kier molecular flexibility index (Phi) is 7.18. The number of esters is 1. The Hall–Kier alpha value is -1.75. The monoisotopic (exact) mass is 309 g/mol. The summed E-state index contributed by atoms with van der Waals surface area (Å²) in [6, 6.07) is 5.36. The highest BCUT2D eigenvalue weighted by atomic mass is 16.5. The first-order chi connectivity index (χ1) is 10.4. The Labute approximate surface area is 132 Å². The van der Waals surface area contributed by atoms with Crippen LogP contribution in [0.4, 0.5) is 5.69 Å². The summed E-state index contributed by atoms with van der Waals surface area (Å²) in [7, 11) is 2.89. The van der Waals surface area contributed by atoms with E-state index in [0.717, 1.165) is 31.7 Å². The standard InChI is InChI=1S/C17H27NO4/c1-17(2,3)22-11-7-6-10-18-13-8-9-14(16(19)21-5)15(12-13)20-4/h8-9,12,18H,6-7,10-11H2,1-5H3. The maximum atomic E-state index is 11.6. The molecule has 0 atom stereocenters. The molecular formula is C17H27NO4. The molecule has 0 aliphatic rings. The van der Waals surface area contributed by atoms with Crippen molar-refractivity contribution in [2.75, 3.05) is 32.7 Å². The SMILES string of the molecule is COC(=O)c1ccc(NCCCCOC(C)(C)C)cc1OC. The van der Waals surface area contributed by atoms with Gasteiger partial charge in [-0.3, -0.25) is 0 Å². The molecule has 0 spiro atoms. The van der Waals surface area contributed by atoms with Gasteiger partial charge in [-0.25, -0.2) is 4.79 Å². The molecule has 0 aliphatic heterocycles. The molecule has 5 heteroatoms. The largest absolute Gasteiger partial charge is 0.496 e. The predicted molar refractivity (Wildman–Crippen MR) is 87.8 cm³/mol. The molecule has 0 bridgehead atoms. The maximum absolute atomic E-state index is 11.6. The van der Waals surface area contributed by atoms with E-state index in [9.17, 15) is 4.79 Å². The first-order valence-electron chi connectivity index (χ1n) is 7.51. The van der Waals surface area contributed by atoms with Crippen molar-refractivity contribution in [2.45, 2.75) is 39.2 Å². The third-order valence-corrected chi connectivity index (χ3v) is 3.04. The summed E-state index contributed by atoms with van der Waals surface area (Å²) in [5.74, 6) is 0.107. The van der Waals surface area contributed by atoms with Crippen molar-refractivity contribution in [3.05, 3.63) is 23.8 Å². The van der Waals surface area contributed by atoms with Gasteiger partial charge >= 0.3 is 5.97 Å². The van der Waals surface area contributed by atoms with Gasteiger partial charge in [-0.15, -0.1) is 0 Å². The van der Waals surface area contributed by atoms with Gasteiger partial charge in [0, 0.05) is 24.9 Å². The number of carbonyl (C=O) groups excluding carboxylic acids is 1. The molecular weight excluding hydrogens is 282 g/mol. The van der Waals surface area contributed by atoms with Crippen molar-refractivity contribution in [3.8, 4) is 5.75 Å². The topological polar surface area (TPSA) is 56.8 Å². The summed E-state index contributed by atoms with van der Waals surface area (Å²) >= 11 is 0. The van der Waals surface area contributed by atoms with Gasteiger partial charge in [-0.05, 0) is 45.7 Å². The number of hydrogen-bond acceptors (Lipinski definition) is 5. The van der Waals surface area contributed by atoms with Gasteiger partial charge in [0.15, 0.2) is 0 Å². The zero-order chi connectivity index (χ0) is 16.6. The number of nitrogens with one attached hydrogen (secondary N) is 1. The fourth-order valence-electron chi connectivity index (χ4n) is 1.92. The van der Waals surface area contributed by atoms with E-state index in [4.69, 9.17) is 14.2 Å². The van der Waals surface area contributed by atoms with E-state index in [-0.39, 0.29) is 5.60 Å². The van der Waals surface area contributed by atoms with Gasteiger partial charge in [0.05, 0.1) is 19.8 Å². The third-order valence-electron chi connectivity index (χ3n) is 3.04. The molecule has 0 saturated heterocycles. The lowest BCUT2D eigenvalue weighted by molar-refractivity contribution is -0.00428. The number of benzene rings is 1. The van der Waals surface area contributed by atoms with Gasteiger partial charge in [-0.1, -0.05) is 0 Å². The molecule has 0 radical (unpaired) electrons. The van der Waals surface area contributed by atoms with Gasteiger partial charge in [-0.2, -0.15) is 0 Å². The molecule has 0 saturated carbocycles. The highest BCUT2D eigenvalue weighted by Gasteiger charge is 2.13.